The monoisotopic (exact) mass is 305 g/mol. The van der Waals surface area contributed by atoms with Crippen molar-refractivity contribution in [2.75, 3.05) is 31.1 Å². The first kappa shape index (κ1) is 15.6. The molecular weight excluding hydrogens is 285 g/mol. The van der Waals surface area contributed by atoms with Crippen LogP contribution >= 0.6 is 0 Å². The summed E-state index contributed by atoms with van der Waals surface area (Å²) in [6.07, 6.45) is 1.55. The summed E-state index contributed by atoms with van der Waals surface area (Å²) in [6.45, 7) is 7.37. The lowest BCUT2D eigenvalue weighted by Crippen LogP contribution is -2.49. The number of nitrogens with zero attached hydrogens (tertiary/aromatic N) is 3. The highest BCUT2D eigenvalue weighted by molar-refractivity contribution is 6.30. The van der Waals surface area contributed by atoms with Gasteiger partial charge in [0.25, 0.3) is 5.91 Å². The highest BCUT2D eigenvalue weighted by Gasteiger charge is 2.23. The number of carbonyl (C=O) groups excluding carboxylic acids is 1. The van der Waals surface area contributed by atoms with Crippen molar-refractivity contribution >= 4 is 25.0 Å². The Morgan fingerprint density at radius 2 is 1.83 bits per heavy atom. The van der Waals surface area contributed by atoms with E-state index in [1.807, 2.05) is 4.90 Å². The first-order valence-corrected chi connectivity index (χ1v) is 7.87. The van der Waals surface area contributed by atoms with Gasteiger partial charge < -0.3 is 9.80 Å². The summed E-state index contributed by atoms with van der Waals surface area (Å²) in [5.41, 5.74) is 4.85. The predicted molar refractivity (Wildman–Crippen MR) is 93.7 cm³/mol. The first-order chi connectivity index (χ1) is 11.0. The van der Waals surface area contributed by atoms with Gasteiger partial charge in [0.05, 0.1) is 5.56 Å². The van der Waals surface area contributed by atoms with Crippen molar-refractivity contribution in [3.05, 3.63) is 53.2 Å². The summed E-state index contributed by atoms with van der Waals surface area (Å²) >= 11 is 0. The van der Waals surface area contributed by atoms with Crippen LogP contribution in [0.2, 0.25) is 0 Å². The van der Waals surface area contributed by atoms with Crippen LogP contribution in [0.5, 0.6) is 0 Å². The van der Waals surface area contributed by atoms with Crippen LogP contribution in [0.4, 0.5) is 5.69 Å². The number of hydrogen-bond donors (Lipinski definition) is 0. The second-order valence-electron chi connectivity index (χ2n) is 6.04. The molecule has 0 bridgehead atoms. The van der Waals surface area contributed by atoms with Gasteiger partial charge >= 0.3 is 0 Å². The molecule has 23 heavy (non-hydrogen) atoms. The van der Waals surface area contributed by atoms with Gasteiger partial charge in [-0.2, -0.15) is 0 Å². The number of aromatic nitrogens is 1. The zero-order valence-corrected chi connectivity index (χ0v) is 13.6. The van der Waals surface area contributed by atoms with E-state index >= 15 is 0 Å². The topological polar surface area (TPSA) is 36.4 Å². The molecule has 0 N–H and O–H groups in total. The zero-order valence-electron chi connectivity index (χ0n) is 13.6. The van der Waals surface area contributed by atoms with E-state index in [4.69, 9.17) is 7.85 Å². The van der Waals surface area contributed by atoms with E-state index in [1.165, 1.54) is 16.8 Å². The Morgan fingerprint density at radius 3 is 2.43 bits per heavy atom. The van der Waals surface area contributed by atoms with Crippen LogP contribution in [-0.4, -0.2) is 49.8 Å². The smallest absolute Gasteiger partial charge is 0.255 e. The van der Waals surface area contributed by atoms with Crippen molar-refractivity contribution in [2.45, 2.75) is 13.8 Å². The lowest BCUT2D eigenvalue weighted by molar-refractivity contribution is 0.0746. The van der Waals surface area contributed by atoms with E-state index in [1.54, 1.807) is 18.3 Å². The van der Waals surface area contributed by atoms with Crippen molar-refractivity contribution < 1.29 is 4.79 Å². The van der Waals surface area contributed by atoms with E-state index in [2.05, 4.69) is 41.9 Å². The fourth-order valence-corrected chi connectivity index (χ4v) is 3.03. The van der Waals surface area contributed by atoms with E-state index in [0.717, 1.165) is 26.2 Å². The number of aryl methyl sites for hydroxylation is 2. The summed E-state index contributed by atoms with van der Waals surface area (Å²) in [4.78, 5) is 20.7. The Bertz CT molecular complexity index is 707. The minimum Gasteiger partial charge on any atom is -0.368 e. The highest BCUT2D eigenvalue weighted by atomic mass is 16.2. The van der Waals surface area contributed by atoms with Crippen LogP contribution in [0, 0.1) is 13.8 Å². The van der Waals surface area contributed by atoms with Crippen LogP contribution in [0.3, 0.4) is 0 Å². The Hall–Kier alpha value is -2.30. The van der Waals surface area contributed by atoms with Crippen LogP contribution in [0.15, 0.2) is 36.5 Å². The number of piperazine rings is 1. The van der Waals surface area contributed by atoms with Gasteiger partial charge in [0, 0.05) is 38.1 Å². The molecule has 3 rings (SSSR count). The normalized spacial score (nSPS) is 14.9. The van der Waals surface area contributed by atoms with Crippen molar-refractivity contribution in [1.29, 1.82) is 0 Å². The molecule has 1 aromatic carbocycles. The van der Waals surface area contributed by atoms with Gasteiger partial charge in [-0.3, -0.25) is 9.78 Å². The number of carbonyl (C=O) groups is 1. The molecule has 2 radical (unpaired) electrons. The number of hydrogen-bond acceptors (Lipinski definition) is 3. The van der Waals surface area contributed by atoms with E-state index in [9.17, 15) is 4.79 Å². The molecule has 4 nitrogen and oxygen atoms in total. The number of benzene rings is 1. The molecule has 0 unspecified atom stereocenters. The molecule has 1 aliphatic rings. The SMILES string of the molecule is [B]c1ccc(C(=O)N2CCN(c3ccc(C)cc3C)CC2)cn1. The quantitative estimate of drug-likeness (QED) is 0.788. The van der Waals surface area contributed by atoms with Gasteiger partial charge in [-0.05, 0) is 37.1 Å². The molecule has 0 spiro atoms. The standard InChI is InChI=1S/C18H20BN3O/c1-13-3-5-16(14(2)11-13)21-7-9-22(10-8-21)18(23)15-4-6-17(19)20-12-15/h3-6,11-12H,7-10H2,1-2H3. The molecule has 0 saturated carbocycles. The molecule has 1 amide bonds. The van der Waals surface area contributed by atoms with E-state index in [0.29, 0.717) is 11.2 Å². The molecule has 2 aromatic rings. The highest BCUT2D eigenvalue weighted by Crippen LogP contribution is 2.22. The third-order valence-corrected chi connectivity index (χ3v) is 4.29. The number of rotatable bonds is 2. The van der Waals surface area contributed by atoms with Gasteiger partial charge in [0.2, 0.25) is 0 Å². The van der Waals surface area contributed by atoms with Crippen LogP contribution < -0.4 is 10.5 Å². The maximum Gasteiger partial charge on any atom is 0.255 e. The molecule has 0 aliphatic carbocycles. The third-order valence-electron chi connectivity index (χ3n) is 4.29. The van der Waals surface area contributed by atoms with Crippen molar-refractivity contribution in [2.24, 2.45) is 0 Å². The first-order valence-electron chi connectivity index (χ1n) is 7.87. The zero-order chi connectivity index (χ0) is 16.4. The fourth-order valence-electron chi connectivity index (χ4n) is 3.03. The molecule has 5 heteroatoms. The van der Waals surface area contributed by atoms with Crippen LogP contribution in [0.1, 0.15) is 21.5 Å². The minimum atomic E-state index is 0.0257. The largest absolute Gasteiger partial charge is 0.368 e. The average Bonchev–Trinajstić information content (AvgIpc) is 2.55. The summed E-state index contributed by atoms with van der Waals surface area (Å²) in [7, 11) is 5.57. The predicted octanol–water partition coefficient (Wildman–Crippen LogP) is 1.45. The molecule has 1 aromatic heterocycles. The summed E-state index contributed by atoms with van der Waals surface area (Å²) in [5, 5.41) is 0. The third kappa shape index (κ3) is 3.39. The van der Waals surface area contributed by atoms with Crippen molar-refractivity contribution in [3.8, 4) is 0 Å². The summed E-state index contributed by atoms with van der Waals surface area (Å²) in [6, 6.07) is 9.92. The molecule has 116 valence electrons. The van der Waals surface area contributed by atoms with Crippen LogP contribution in [0.25, 0.3) is 0 Å². The minimum absolute atomic E-state index is 0.0257. The second kappa shape index (κ2) is 6.45. The van der Waals surface area contributed by atoms with Gasteiger partial charge in [0.15, 0.2) is 0 Å². The van der Waals surface area contributed by atoms with Crippen molar-refractivity contribution in [3.63, 3.8) is 0 Å². The second-order valence-corrected chi connectivity index (χ2v) is 6.04. The molecule has 1 saturated heterocycles. The lowest BCUT2D eigenvalue weighted by atomic mass is 10.0. The van der Waals surface area contributed by atoms with Crippen LogP contribution in [-0.2, 0) is 0 Å². The summed E-state index contributed by atoms with van der Waals surface area (Å²) in [5.74, 6) is 0.0257. The lowest BCUT2D eigenvalue weighted by Gasteiger charge is -2.37. The maximum atomic E-state index is 12.5. The van der Waals surface area contributed by atoms with Gasteiger partial charge in [-0.25, -0.2) is 0 Å². The average molecular weight is 305 g/mol. The van der Waals surface area contributed by atoms with E-state index < -0.39 is 0 Å². The van der Waals surface area contributed by atoms with Gasteiger partial charge in [-0.1, -0.05) is 23.8 Å². The molecular formula is C18H20BN3O. The molecule has 2 heterocycles. The Morgan fingerprint density at radius 1 is 1.09 bits per heavy atom. The molecule has 1 aliphatic heterocycles. The number of pyridine rings is 1. The number of amides is 1. The summed E-state index contributed by atoms with van der Waals surface area (Å²) < 4.78 is 0. The van der Waals surface area contributed by atoms with Crippen molar-refractivity contribution in [1.82, 2.24) is 9.88 Å². The Labute approximate surface area is 138 Å². The Kier molecular flexibility index (Phi) is 4.37. The molecule has 0 atom stereocenters. The van der Waals surface area contributed by atoms with E-state index in [-0.39, 0.29) is 5.91 Å². The number of anilines is 1. The molecule has 1 fully saturated rings. The maximum absolute atomic E-state index is 12.5. The fraction of sp³-hybridized carbons (Fsp3) is 0.333. The van der Waals surface area contributed by atoms with Gasteiger partial charge in [0.1, 0.15) is 7.85 Å². The Balaban J connectivity index is 1.66. The van der Waals surface area contributed by atoms with Gasteiger partial charge in [-0.15, -0.1) is 0 Å².